The van der Waals surface area contributed by atoms with Gasteiger partial charge in [0.15, 0.2) is 0 Å². The van der Waals surface area contributed by atoms with Crippen LogP contribution in [0, 0.1) is 0 Å². The van der Waals surface area contributed by atoms with Gasteiger partial charge in [0.1, 0.15) is 5.82 Å². The van der Waals surface area contributed by atoms with Crippen LogP contribution in [0.4, 0.5) is 11.5 Å². The highest BCUT2D eigenvalue weighted by Gasteiger charge is 2.23. The molecule has 1 aromatic rings. The Hall–Kier alpha value is -1.29. The van der Waals surface area contributed by atoms with Gasteiger partial charge in [-0.1, -0.05) is 0 Å². The van der Waals surface area contributed by atoms with Crippen LogP contribution in [-0.2, 0) is 4.74 Å². The average Bonchev–Trinajstić information content (AvgIpc) is 2.38. The van der Waals surface area contributed by atoms with Crippen LogP contribution in [0.2, 0.25) is 0 Å². The van der Waals surface area contributed by atoms with Crippen LogP contribution in [0.5, 0.6) is 0 Å². The molecule has 2 N–H and O–H groups in total. The molecular formula is C13H21N3O. The summed E-state index contributed by atoms with van der Waals surface area (Å²) in [6.07, 6.45) is 5.42. The number of nitrogens with two attached hydrogens (primary N) is 1. The van der Waals surface area contributed by atoms with Gasteiger partial charge >= 0.3 is 0 Å². The molecule has 94 valence electrons. The van der Waals surface area contributed by atoms with Crippen molar-refractivity contribution in [2.75, 3.05) is 30.4 Å². The van der Waals surface area contributed by atoms with Gasteiger partial charge in [0.2, 0.25) is 0 Å². The highest BCUT2D eigenvalue weighted by molar-refractivity contribution is 5.46. The molecule has 1 aliphatic rings. The normalized spacial score (nSPS) is 20.5. The number of anilines is 2. The number of ether oxygens (including phenoxy) is 1. The topological polar surface area (TPSA) is 51.4 Å². The number of nitrogens with zero attached hydrogens (tertiary/aromatic N) is 2. The maximum atomic E-state index is 5.67. The van der Waals surface area contributed by atoms with Crippen molar-refractivity contribution in [3.63, 3.8) is 0 Å². The molecule has 0 spiro atoms. The van der Waals surface area contributed by atoms with E-state index in [0.717, 1.165) is 25.6 Å². The standard InChI is InChI=1S/C13H21N3O/c1-2-17-10-12-5-3-4-8-16(12)13-7-6-11(14)9-15-13/h6-7,9,12H,2-5,8,10,14H2,1H3/t12-/m1/s1. The lowest BCUT2D eigenvalue weighted by molar-refractivity contribution is 0.123. The molecular weight excluding hydrogens is 214 g/mol. The summed E-state index contributed by atoms with van der Waals surface area (Å²) in [6, 6.07) is 4.37. The van der Waals surface area contributed by atoms with Crippen molar-refractivity contribution in [2.45, 2.75) is 32.2 Å². The van der Waals surface area contributed by atoms with Crippen molar-refractivity contribution in [2.24, 2.45) is 0 Å². The summed E-state index contributed by atoms with van der Waals surface area (Å²) >= 11 is 0. The Morgan fingerprint density at radius 1 is 1.47 bits per heavy atom. The van der Waals surface area contributed by atoms with Crippen LogP contribution in [0.1, 0.15) is 26.2 Å². The first-order valence-electron chi connectivity index (χ1n) is 6.37. The summed E-state index contributed by atoms with van der Waals surface area (Å²) in [5.74, 6) is 1.02. The minimum atomic E-state index is 0.458. The van der Waals surface area contributed by atoms with E-state index < -0.39 is 0 Å². The van der Waals surface area contributed by atoms with Gasteiger partial charge in [-0.3, -0.25) is 0 Å². The van der Waals surface area contributed by atoms with Crippen molar-refractivity contribution in [1.82, 2.24) is 4.98 Å². The number of nitrogen functional groups attached to an aromatic ring is 1. The first-order valence-corrected chi connectivity index (χ1v) is 6.37. The smallest absolute Gasteiger partial charge is 0.128 e. The SMILES string of the molecule is CCOC[C@H]1CCCCN1c1ccc(N)cn1. The predicted molar refractivity (Wildman–Crippen MR) is 70.1 cm³/mol. The lowest BCUT2D eigenvalue weighted by atomic mass is 10.0. The van der Waals surface area contributed by atoms with Gasteiger partial charge in [-0.2, -0.15) is 0 Å². The van der Waals surface area contributed by atoms with E-state index in [1.54, 1.807) is 6.20 Å². The largest absolute Gasteiger partial charge is 0.397 e. The maximum absolute atomic E-state index is 5.67. The van der Waals surface area contributed by atoms with Gasteiger partial charge in [0, 0.05) is 13.2 Å². The number of rotatable bonds is 4. The number of aromatic nitrogens is 1. The molecule has 1 fully saturated rings. The van der Waals surface area contributed by atoms with Gasteiger partial charge in [0.05, 0.1) is 24.5 Å². The van der Waals surface area contributed by atoms with E-state index in [0.29, 0.717) is 11.7 Å². The van der Waals surface area contributed by atoms with Crippen molar-refractivity contribution in [1.29, 1.82) is 0 Å². The number of pyridine rings is 1. The van der Waals surface area contributed by atoms with Crippen LogP contribution in [-0.4, -0.2) is 30.8 Å². The molecule has 0 unspecified atom stereocenters. The predicted octanol–water partition coefficient (Wildman–Crippen LogP) is 2.06. The van der Waals surface area contributed by atoms with E-state index in [-0.39, 0.29) is 0 Å². The van der Waals surface area contributed by atoms with Crippen molar-refractivity contribution < 1.29 is 4.74 Å². The second kappa shape index (κ2) is 5.87. The van der Waals surface area contributed by atoms with Gasteiger partial charge < -0.3 is 15.4 Å². The minimum Gasteiger partial charge on any atom is -0.397 e. The highest BCUT2D eigenvalue weighted by atomic mass is 16.5. The van der Waals surface area contributed by atoms with Crippen LogP contribution in [0.15, 0.2) is 18.3 Å². The lowest BCUT2D eigenvalue weighted by Gasteiger charge is -2.36. The van der Waals surface area contributed by atoms with Gasteiger partial charge in [-0.25, -0.2) is 4.98 Å². The summed E-state index contributed by atoms with van der Waals surface area (Å²) in [7, 11) is 0. The van der Waals surface area contributed by atoms with Crippen molar-refractivity contribution in [3.05, 3.63) is 18.3 Å². The van der Waals surface area contributed by atoms with Crippen molar-refractivity contribution >= 4 is 11.5 Å². The first kappa shape index (κ1) is 12.2. The quantitative estimate of drug-likeness (QED) is 0.868. The summed E-state index contributed by atoms with van der Waals surface area (Å²) in [4.78, 5) is 6.75. The van der Waals surface area contributed by atoms with Crippen LogP contribution in [0.25, 0.3) is 0 Å². The zero-order chi connectivity index (χ0) is 12.1. The summed E-state index contributed by atoms with van der Waals surface area (Å²) in [6.45, 7) is 4.67. The van der Waals surface area contributed by atoms with E-state index >= 15 is 0 Å². The number of piperidine rings is 1. The Bertz CT molecular complexity index is 339. The third-order valence-electron chi connectivity index (χ3n) is 3.21. The Morgan fingerprint density at radius 3 is 3.06 bits per heavy atom. The van der Waals surface area contributed by atoms with E-state index in [9.17, 15) is 0 Å². The zero-order valence-corrected chi connectivity index (χ0v) is 10.4. The Labute approximate surface area is 103 Å². The molecule has 2 rings (SSSR count). The monoisotopic (exact) mass is 235 g/mol. The molecule has 0 aromatic carbocycles. The fraction of sp³-hybridized carbons (Fsp3) is 0.615. The highest BCUT2D eigenvalue weighted by Crippen LogP contribution is 2.23. The molecule has 4 nitrogen and oxygen atoms in total. The third-order valence-corrected chi connectivity index (χ3v) is 3.21. The third kappa shape index (κ3) is 3.09. The average molecular weight is 235 g/mol. The molecule has 0 saturated carbocycles. The maximum Gasteiger partial charge on any atom is 0.128 e. The molecule has 0 amide bonds. The molecule has 4 heteroatoms. The molecule has 2 heterocycles. The van der Waals surface area contributed by atoms with Crippen LogP contribution >= 0.6 is 0 Å². The minimum absolute atomic E-state index is 0.458. The zero-order valence-electron chi connectivity index (χ0n) is 10.4. The van der Waals surface area contributed by atoms with E-state index in [4.69, 9.17) is 10.5 Å². The second-order valence-corrected chi connectivity index (χ2v) is 4.45. The molecule has 0 radical (unpaired) electrons. The lowest BCUT2D eigenvalue weighted by Crippen LogP contribution is -2.43. The summed E-state index contributed by atoms with van der Waals surface area (Å²) in [5, 5.41) is 0. The Kier molecular flexibility index (Phi) is 4.20. The second-order valence-electron chi connectivity index (χ2n) is 4.45. The van der Waals surface area contributed by atoms with E-state index in [2.05, 4.69) is 9.88 Å². The van der Waals surface area contributed by atoms with Crippen LogP contribution in [0.3, 0.4) is 0 Å². The molecule has 17 heavy (non-hydrogen) atoms. The first-order chi connectivity index (χ1) is 8.31. The molecule has 0 bridgehead atoms. The Morgan fingerprint density at radius 2 is 2.35 bits per heavy atom. The van der Waals surface area contributed by atoms with E-state index in [1.807, 2.05) is 19.1 Å². The van der Waals surface area contributed by atoms with Gasteiger partial charge in [0.25, 0.3) is 0 Å². The number of hydrogen-bond donors (Lipinski definition) is 1. The Balaban J connectivity index is 2.07. The van der Waals surface area contributed by atoms with Crippen molar-refractivity contribution in [3.8, 4) is 0 Å². The molecule has 1 aromatic heterocycles. The molecule has 1 atom stereocenters. The molecule has 1 aliphatic heterocycles. The van der Waals surface area contributed by atoms with Gasteiger partial charge in [-0.05, 0) is 38.3 Å². The van der Waals surface area contributed by atoms with E-state index in [1.165, 1.54) is 19.3 Å². The molecule has 0 aliphatic carbocycles. The fourth-order valence-electron chi connectivity index (χ4n) is 2.30. The fourth-order valence-corrected chi connectivity index (χ4v) is 2.30. The summed E-state index contributed by atoms with van der Waals surface area (Å²) in [5.41, 5.74) is 6.38. The molecule has 1 saturated heterocycles. The van der Waals surface area contributed by atoms with Gasteiger partial charge in [-0.15, -0.1) is 0 Å². The number of hydrogen-bond acceptors (Lipinski definition) is 4. The summed E-state index contributed by atoms with van der Waals surface area (Å²) < 4.78 is 5.55. The van der Waals surface area contributed by atoms with Crippen LogP contribution < -0.4 is 10.6 Å².